The molecule has 0 bridgehead atoms. The van der Waals surface area contributed by atoms with Crippen LogP contribution in [0.3, 0.4) is 0 Å². The van der Waals surface area contributed by atoms with Crippen molar-refractivity contribution in [2.75, 3.05) is 0 Å². The van der Waals surface area contributed by atoms with Crippen molar-refractivity contribution >= 4 is 0 Å². The molecule has 7 heteroatoms. The smallest absolute Gasteiger partial charge is 0.121 e. The van der Waals surface area contributed by atoms with Gasteiger partial charge in [-0.3, -0.25) is 24.9 Å². The molecule has 0 fully saturated rings. The Morgan fingerprint density at radius 1 is 0.433 bits per heavy atom. The van der Waals surface area contributed by atoms with Crippen LogP contribution in [0.2, 0.25) is 0 Å². The highest BCUT2D eigenvalue weighted by Gasteiger charge is 2.17. The largest absolute Gasteiger partial charge is 0.256 e. The zero-order valence-electron chi connectivity index (χ0n) is 15.6. The molecule has 30 heavy (non-hydrogen) atoms. The van der Waals surface area contributed by atoms with Crippen LogP contribution in [0.4, 0.5) is 0 Å². The van der Waals surface area contributed by atoms with E-state index in [1.165, 1.54) is 0 Å². The molecule has 0 aliphatic carbocycles. The Labute approximate surface area is 171 Å². The van der Waals surface area contributed by atoms with Crippen LogP contribution >= 0.6 is 0 Å². The first kappa shape index (κ1) is 16.6. The summed E-state index contributed by atoms with van der Waals surface area (Å²) >= 11 is 0. The van der Waals surface area contributed by atoms with Crippen molar-refractivity contribution in [1.82, 2.24) is 35.1 Å². The molecular formula is C23H13N7. The van der Waals surface area contributed by atoms with Crippen LogP contribution in [0.1, 0.15) is 0 Å². The summed E-state index contributed by atoms with van der Waals surface area (Å²) in [6.07, 6.45) is 8.78. The molecular weight excluding hydrogens is 374 g/mol. The predicted octanol–water partition coefficient (Wildman–Crippen LogP) is 4.10. The lowest BCUT2D eigenvalue weighted by Gasteiger charge is -1.95. The minimum atomic E-state index is 0.696. The lowest BCUT2D eigenvalue weighted by Crippen LogP contribution is -1.81. The Bertz CT molecular complexity index is 1410. The van der Waals surface area contributed by atoms with Gasteiger partial charge < -0.3 is 0 Å². The van der Waals surface area contributed by atoms with Crippen molar-refractivity contribution in [1.29, 1.82) is 0 Å². The molecule has 0 spiro atoms. The maximum atomic E-state index is 4.60. The van der Waals surface area contributed by atoms with E-state index in [2.05, 4.69) is 35.1 Å². The van der Waals surface area contributed by atoms with Gasteiger partial charge in [0.2, 0.25) is 0 Å². The van der Waals surface area contributed by atoms with E-state index in [0.29, 0.717) is 11.4 Å². The minimum absolute atomic E-state index is 0.696. The third kappa shape index (κ3) is 2.72. The Balaban J connectivity index is 1.48. The van der Waals surface area contributed by atoms with E-state index in [9.17, 15) is 0 Å². The number of nitrogens with zero attached hydrogens (tertiary/aromatic N) is 7. The van der Waals surface area contributed by atoms with Crippen molar-refractivity contribution in [2.45, 2.75) is 0 Å². The summed E-state index contributed by atoms with van der Waals surface area (Å²) in [5.74, 6) is 0. The van der Waals surface area contributed by atoms with E-state index in [1.54, 1.807) is 31.0 Å². The molecule has 0 radical (unpaired) electrons. The number of rotatable bonds is 2. The maximum Gasteiger partial charge on any atom is 0.121 e. The van der Waals surface area contributed by atoms with Gasteiger partial charge in [-0.1, -0.05) is 0 Å². The number of hydrogen-bond donors (Lipinski definition) is 0. The molecule has 6 rings (SSSR count). The van der Waals surface area contributed by atoms with Crippen molar-refractivity contribution in [2.24, 2.45) is 0 Å². The molecule has 0 amide bonds. The maximum absolute atomic E-state index is 4.60. The van der Waals surface area contributed by atoms with Gasteiger partial charge in [0, 0.05) is 41.5 Å². The minimum Gasteiger partial charge on any atom is -0.256 e. The van der Waals surface area contributed by atoms with Gasteiger partial charge in [0.1, 0.15) is 11.4 Å². The van der Waals surface area contributed by atoms with E-state index in [-0.39, 0.29) is 0 Å². The van der Waals surface area contributed by atoms with Crippen molar-refractivity contribution in [3.05, 3.63) is 79.5 Å². The van der Waals surface area contributed by atoms with Gasteiger partial charge >= 0.3 is 0 Å². The molecule has 6 heterocycles. The SMILES string of the molecule is c1cc2cc(-c3ccc4c(-c5cc6ccnc-6ccn5)nnc-4cn3)nccc-2n1. The summed E-state index contributed by atoms with van der Waals surface area (Å²) in [6, 6.07) is 15.6. The van der Waals surface area contributed by atoms with Crippen LogP contribution < -0.4 is 0 Å². The van der Waals surface area contributed by atoms with Gasteiger partial charge in [-0.2, -0.15) is 0 Å². The summed E-state index contributed by atoms with van der Waals surface area (Å²) in [7, 11) is 0. The number of fused-ring (bicyclic) bond motifs is 3. The molecule has 0 saturated carbocycles. The molecule has 0 aromatic rings. The van der Waals surface area contributed by atoms with Gasteiger partial charge in [0.25, 0.3) is 0 Å². The average molecular weight is 387 g/mol. The normalized spacial score (nSPS) is 11.3. The van der Waals surface area contributed by atoms with Crippen LogP contribution in [0, 0.1) is 0 Å². The summed E-state index contributed by atoms with van der Waals surface area (Å²) in [5.41, 5.74) is 8.34. The molecule has 6 aliphatic heterocycles. The lowest BCUT2D eigenvalue weighted by atomic mass is 10.1. The summed E-state index contributed by atoms with van der Waals surface area (Å²) in [4.78, 5) is 22.3. The third-order valence-corrected chi connectivity index (χ3v) is 5.03. The predicted molar refractivity (Wildman–Crippen MR) is 112 cm³/mol. The molecule has 6 aliphatic rings. The number of hydrogen-bond acceptors (Lipinski definition) is 7. The van der Waals surface area contributed by atoms with Crippen molar-refractivity contribution < 1.29 is 0 Å². The van der Waals surface area contributed by atoms with Gasteiger partial charge in [-0.15, -0.1) is 10.2 Å². The first-order valence-electron chi connectivity index (χ1n) is 9.40. The second kappa shape index (κ2) is 6.59. The fourth-order valence-corrected chi connectivity index (χ4v) is 3.52. The fourth-order valence-electron chi connectivity index (χ4n) is 3.52. The topological polar surface area (TPSA) is 90.2 Å². The third-order valence-electron chi connectivity index (χ3n) is 5.03. The fraction of sp³-hybridized carbons (Fsp3) is 0. The first-order chi connectivity index (χ1) is 14.8. The zero-order valence-corrected chi connectivity index (χ0v) is 15.6. The molecule has 140 valence electrons. The highest BCUT2D eigenvalue weighted by atomic mass is 15.1. The highest BCUT2D eigenvalue weighted by molar-refractivity contribution is 5.80. The van der Waals surface area contributed by atoms with Gasteiger partial charge in [-0.05, 0) is 48.5 Å². The second-order valence-corrected chi connectivity index (χ2v) is 6.84. The molecule has 0 aromatic heterocycles. The first-order valence-corrected chi connectivity index (χ1v) is 9.40. The quantitative estimate of drug-likeness (QED) is 0.442. The Morgan fingerprint density at radius 3 is 1.83 bits per heavy atom. The standard InChI is InChI=1S/C23H13N7/c1-2-19(20-11-14-3-7-24-17(14)5-9-26-20)28-13-22-16(1)23(30-29-22)21-12-15-4-8-25-18(15)6-10-27-21/h1-13H. The molecule has 7 nitrogen and oxygen atoms in total. The molecule has 0 N–H and O–H groups in total. The van der Waals surface area contributed by atoms with E-state index in [0.717, 1.165) is 45.2 Å². The van der Waals surface area contributed by atoms with Gasteiger partial charge in [0.05, 0.1) is 34.7 Å². The highest BCUT2D eigenvalue weighted by Crippen LogP contribution is 2.32. The van der Waals surface area contributed by atoms with Crippen LogP contribution in [0.5, 0.6) is 0 Å². The number of aromatic nitrogens is 7. The van der Waals surface area contributed by atoms with Crippen LogP contribution in [-0.2, 0) is 0 Å². The monoisotopic (exact) mass is 387 g/mol. The van der Waals surface area contributed by atoms with Gasteiger partial charge in [0.15, 0.2) is 0 Å². The Kier molecular flexibility index (Phi) is 3.64. The zero-order chi connectivity index (χ0) is 19.9. The van der Waals surface area contributed by atoms with E-state index >= 15 is 0 Å². The van der Waals surface area contributed by atoms with E-state index < -0.39 is 0 Å². The average Bonchev–Trinajstić information content (AvgIpc) is 3.37. The van der Waals surface area contributed by atoms with E-state index in [1.807, 2.05) is 48.5 Å². The van der Waals surface area contributed by atoms with Crippen molar-refractivity contribution in [3.63, 3.8) is 0 Å². The van der Waals surface area contributed by atoms with Crippen molar-refractivity contribution in [3.8, 4) is 56.5 Å². The Hall–Kier alpha value is -4.39. The van der Waals surface area contributed by atoms with Crippen LogP contribution in [-0.4, -0.2) is 35.1 Å². The Morgan fingerprint density at radius 2 is 1.07 bits per heavy atom. The molecule has 0 aromatic carbocycles. The second-order valence-electron chi connectivity index (χ2n) is 6.84. The molecule has 0 saturated heterocycles. The molecule has 0 atom stereocenters. The van der Waals surface area contributed by atoms with Crippen LogP contribution in [0.15, 0.2) is 79.5 Å². The van der Waals surface area contributed by atoms with E-state index in [4.69, 9.17) is 0 Å². The van der Waals surface area contributed by atoms with Crippen LogP contribution in [0.25, 0.3) is 56.5 Å². The summed E-state index contributed by atoms with van der Waals surface area (Å²) < 4.78 is 0. The lowest BCUT2D eigenvalue weighted by molar-refractivity contribution is 1.09. The summed E-state index contributed by atoms with van der Waals surface area (Å²) in [6.45, 7) is 0. The van der Waals surface area contributed by atoms with Gasteiger partial charge in [-0.25, -0.2) is 0 Å². The summed E-state index contributed by atoms with van der Waals surface area (Å²) in [5, 5.41) is 8.68. The molecule has 0 unspecified atom stereocenters.